The molecule has 14 nitrogen and oxygen atoms in total. The van der Waals surface area contributed by atoms with E-state index in [9.17, 15) is 34.5 Å². The number of aliphatic hydroxyl groups is 2. The number of carboxylic acids is 1. The molecule has 14 heteroatoms. The second-order valence-corrected chi connectivity index (χ2v) is 8.07. The number of aliphatic hydroxyl groups excluding tert-OH is 2. The Labute approximate surface area is 192 Å². The van der Waals surface area contributed by atoms with Gasteiger partial charge in [0.05, 0.1) is 18.2 Å². The highest BCUT2D eigenvalue weighted by atomic mass is 16.4. The summed E-state index contributed by atoms with van der Waals surface area (Å²) >= 11 is 0. The van der Waals surface area contributed by atoms with E-state index in [2.05, 4.69) is 20.9 Å². The van der Waals surface area contributed by atoms with Crippen molar-refractivity contribution in [1.29, 1.82) is 0 Å². The fourth-order valence-electron chi connectivity index (χ4n) is 2.63. The van der Waals surface area contributed by atoms with Crippen LogP contribution in [0, 0.1) is 5.92 Å². The van der Waals surface area contributed by atoms with Crippen LogP contribution in [0.2, 0.25) is 0 Å². The largest absolute Gasteiger partial charge is 0.480 e. The molecule has 0 aromatic heterocycles. The van der Waals surface area contributed by atoms with Crippen molar-refractivity contribution in [2.45, 2.75) is 76.9 Å². The molecule has 0 aliphatic rings. The number of nitrogens with zero attached hydrogens (tertiary/aromatic N) is 1. The van der Waals surface area contributed by atoms with E-state index < -0.39 is 60.1 Å². The van der Waals surface area contributed by atoms with Crippen molar-refractivity contribution < 1.29 is 34.5 Å². The molecule has 6 atom stereocenters. The number of aliphatic carboxylic acids is 1. The Bertz CT molecular complexity index is 709. The van der Waals surface area contributed by atoms with E-state index in [0.717, 1.165) is 0 Å². The van der Waals surface area contributed by atoms with Crippen LogP contribution in [-0.2, 0) is 19.2 Å². The number of amides is 3. The van der Waals surface area contributed by atoms with Gasteiger partial charge in [0.2, 0.25) is 17.7 Å². The summed E-state index contributed by atoms with van der Waals surface area (Å²) in [5, 5.41) is 35.7. The third kappa shape index (κ3) is 10.9. The van der Waals surface area contributed by atoms with E-state index >= 15 is 0 Å². The third-order valence-electron chi connectivity index (χ3n) is 4.71. The number of nitrogens with two attached hydrogens (primary N) is 3. The Kier molecular flexibility index (Phi) is 13.0. The van der Waals surface area contributed by atoms with Gasteiger partial charge >= 0.3 is 5.97 Å². The molecule has 0 rings (SSSR count). The SMILES string of the molecule is CC(C)C(N)C(=O)NC(C(=O)NC(CCCN=C(N)N)C(=O)NC(C(=O)O)C(C)O)C(C)O. The highest BCUT2D eigenvalue weighted by Crippen LogP contribution is 2.05. The zero-order valence-electron chi connectivity index (χ0n) is 19.3. The van der Waals surface area contributed by atoms with E-state index in [1.165, 1.54) is 13.8 Å². The van der Waals surface area contributed by atoms with Crippen LogP contribution in [0.25, 0.3) is 0 Å². The lowest BCUT2D eigenvalue weighted by Crippen LogP contribution is -2.60. The van der Waals surface area contributed by atoms with Gasteiger partial charge in [-0.05, 0) is 32.6 Å². The summed E-state index contributed by atoms with van der Waals surface area (Å²) in [7, 11) is 0. The van der Waals surface area contributed by atoms with Gasteiger partial charge in [0.25, 0.3) is 0 Å². The molecule has 0 aromatic rings. The van der Waals surface area contributed by atoms with Gasteiger partial charge in [0.1, 0.15) is 12.1 Å². The lowest BCUT2D eigenvalue weighted by molar-refractivity contribution is -0.145. The first-order chi connectivity index (χ1) is 15.2. The molecule has 0 aliphatic heterocycles. The maximum absolute atomic E-state index is 12.8. The van der Waals surface area contributed by atoms with Crippen LogP contribution in [0.4, 0.5) is 0 Å². The lowest BCUT2D eigenvalue weighted by Gasteiger charge is -2.27. The highest BCUT2D eigenvalue weighted by molar-refractivity contribution is 5.94. The zero-order chi connectivity index (χ0) is 25.9. The van der Waals surface area contributed by atoms with Crippen LogP contribution >= 0.6 is 0 Å². The summed E-state index contributed by atoms with van der Waals surface area (Å²) in [5.41, 5.74) is 16.3. The molecule has 3 amide bonds. The van der Waals surface area contributed by atoms with E-state index in [0.29, 0.717) is 0 Å². The quantitative estimate of drug-likeness (QED) is 0.0675. The first kappa shape index (κ1) is 30.0. The molecule has 0 heterocycles. The number of hydrogen-bond acceptors (Lipinski definition) is 8. The van der Waals surface area contributed by atoms with Crippen LogP contribution in [0.15, 0.2) is 4.99 Å². The first-order valence-corrected chi connectivity index (χ1v) is 10.5. The van der Waals surface area contributed by atoms with Gasteiger partial charge in [-0.25, -0.2) is 4.79 Å². The molecule has 0 saturated heterocycles. The number of carboxylic acid groups (broad SMARTS) is 1. The molecule has 6 unspecified atom stereocenters. The minimum absolute atomic E-state index is 0.00745. The standard InChI is InChI=1S/C19H37N7O7/c1-8(2)12(20)16(30)25-13(9(3)27)17(31)24-11(6-5-7-23-19(21)22)15(29)26-14(10(4)28)18(32)33/h8-14,27-28H,5-7,20H2,1-4H3,(H,24,31)(H,25,30)(H,26,29)(H,32,33)(H4,21,22,23). The second-order valence-electron chi connectivity index (χ2n) is 8.07. The van der Waals surface area contributed by atoms with Crippen molar-refractivity contribution in [2.24, 2.45) is 28.1 Å². The number of guanidine groups is 1. The summed E-state index contributed by atoms with van der Waals surface area (Å²) in [5.74, 6) is -4.32. The molecular formula is C19H37N7O7. The van der Waals surface area contributed by atoms with Crippen LogP contribution in [0.1, 0.15) is 40.5 Å². The number of carbonyl (C=O) groups excluding carboxylic acids is 3. The molecule has 12 N–H and O–H groups in total. The lowest BCUT2D eigenvalue weighted by atomic mass is 10.0. The predicted octanol–water partition coefficient (Wildman–Crippen LogP) is -3.68. The maximum Gasteiger partial charge on any atom is 0.328 e. The molecule has 0 aromatic carbocycles. The van der Waals surface area contributed by atoms with Crippen molar-refractivity contribution in [3.8, 4) is 0 Å². The Hall–Kier alpha value is -2.97. The summed E-state index contributed by atoms with van der Waals surface area (Å²) in [4.78, 5) is 52.8. The van der Waals surface area contributed by atoms with Crippen LogP contribution in [-0.4, -0.2) is 87.9 Å². The number of nitrogens with one attached hydrogen (secondary N) is 3. The van der Waals surface area contributed by atoms with Crippen molar-refractivity contribution in [3.05, 3.63) is 0 Å². The minimum Gasteiger partial charge on any atom is -0.480 e. The van der Waals surface area contributed by atoms with Gasteiger partial charge < -0.3 is 48.5 Å². The second kappa shape index (κ2) is 14.2. The number of carbonyl (C=O) groups is 4. The highest BCUT2D eigenvalue weighted by Gasteiger charge is 2.33. The summed E-state index contributed by atoms with van der Waals surface area (Å²) in [6.45, 7) is 6.00. The molecule has 0 aliphatic carbocycles. The Morgan fingerprint density at radius 3 is 1.79 bits per heavy atom. The summed E-state index contributed by atoms with van der Waals surface area (Å²) < 4.78 is 0. The summed E-state index contributed by atoms with van der Waals surface area (Å²) in [6, 6.07) is -5.25. The molecular weight excluding hydrogens is 438 g/mol. The van der Waals surface area contributed by atoms with Crippen molar-refractivity contribution in [3.63, 3.8) is 0 Å². The molecule has 0 spiro atoms. The van der Waals surface area contributed by atoms with Crippen molar-refractivity contribution in [2.75, 3.05) is 6.54 Å². The van der Waals surface area contributed by atoms with E-state index in [1.54, 1.807) is 13.8 Å². The van der Waals surface area contributed by atoms with Gasteiger partial charge in [-0.1, -0.05) is 13.8 Å². The maximum atomic E-state index is 12.8. The molecule has 190 valence electrons. The van der Waals surface area contributed by atoms with Crippen molar-refractivity contribution >= 4 is 29.7 Å². The van der Waals surface area contributed by atoms with Crippen LogP contribution in [0.3, 0.4) is 0 Å². The van der Waals surface area contributed by atoms with Crippen LogP contribution in [0.5, 0.6) is 0 Å². The van der Waals surface area contributed by atoms with Gasteiger partial charge in [-0.3, -0.25) is 19.4 Å². The monoisotopic (exact) mass is 475 g/mol. The van der Waals surface area contributed by atoms with Gasteiger partial charge in [-0.2, -0.15) is 0 Å². The third-order valence-corrected chi connectivity index (χ3v) is 4.71. The molecule has 0 saturated carbocycles. The van der Waals surface area contributed by atoms with Crippen molar-refractivity contribution in [1.82, 2.24) is 16.0 Å². The van der Waals surface area contributed by atoms with Crippen LogP contribution < -0.4 is 33.2 Å². The summed E-state index contributed by atoms with van der Waals surface area (Å²) in [6.07, 6.45) is -2.52. The fraction of sp³-hybridized carbons (Fsp3) is 0.737. The Balaban J connectivity index is 5.55. The Morgan fingerprint density at radius 1 is 0.848 bits per heavy atom. The van der Waals surface area contributed by atoms with Gasteiger partial charge in [-0.15, -0.1) is 0 Å². The zero-order valence-corrected chi connectivity index (χ0v) is 19.3. The normalized spacial score (nSPS) is 16.5. The minimum atomic E-state index is -1.62. The van der Waals surface area contributed by atoms with E-state index in [-0.39, 0.29) is 31.3 Å². The number of hydrogen-bond donors (Lipinski definition) is 9. The average Bonchev–Trinajstić information content (AvgIpc) is 2.69. The smallest absolute Gasteiger partial charge is 0.328 e. The van der Waals surface area contributed by atoms with Gasteiger partial charge in [0.15, 0.2) is 12.0 Å². The van der Waals surface area contributed by atoms with Gasteiger partial charge in [0, 0.05) is 6.54 Å². The topological polar surface area (TPSA) is 255 Å². The fourth-order valence-corrected chi connectivity index (χ4v) is 2.63. The molecule has 0 fully saturated rings. The first-order valence-electron chi connectivity index (χ1n) is 10.5. The van der Waals surface area contributed by atoms with E-state index in [4.69, 9.17) is 17.2 Å². The molecule has 0 radical (unpaired) electrons. The molecule has 33 heavy (non-hydrogen) atoms. The number of aliphatic imine (C=N–C) groups is 1. The predicted molar refractivity (Wildman–Crippen MR) is 120 cm³/mol. The van der Waals surface area contributed by atoms with E-state index in [1.807, 2.05) is 0 Å². The number of rotatable bonds is 14. The average molecular weight is 476 g/mol. The Morgan fingerprint density at radius 2 is 1.36 bits per heavy atom. The molecule has 0 bridgehead atoms.